The fourth-order valence-corrected chi connectivity index (χ4v) is 10.8. The van der Waals surface area contributed by atoms with Gasteiger partial charge in [-0.15, -0.1) is 12.1 Å². The van der Waals surface area contributed by atoms with E-state index in [0.717, 1.165) is 25.7 Å². The van der Waals surface area contributed by atoms with E-state index >= 15 is 9.59 Å². The molecule has 1 aliphatic heterocycles. The monoisotopic (exact) mass is 1250 g/mol. The summed E-state index contributed by atoms with van der Waals surface area (Å²) < 4.78 is 40.1. The van der Waals surface area contributed by atoms with E-state index in [0.29, 0.717) is 0 Å². The molecule has 88 heavy (non-hydrogen) atoms. The van der Waals surface area contributed by atoms with Crippen molar-refractivity contribution in [3.05, 3.63) is 12.1 Å². The van der Waals surface area contributed by atoms with E-state index in [1.807, 2.05) is 55.4 Å². The Morgan fingerprint density at radius 2 is 0.886 bits per heavy atom. The molecular weight excluding hydrogens is 1150 g/mol. The van der Waals surface area contributed by atoms with Crippen molar-refractivity contribution < 1.29 is 70.8 Å². The van der Waals surface area contributed by atoms with Crippen LogP contribution in [-0.4, -0.2) is 234 Å². The summed E-state index contributed by atoms with van der Waals surface area (Å²) >= 11 is 0. The average molecular weight is 1260 g/mol. The van der Waals surface area contributed by atoms with Gasteiger partial charge >= 0.3 is 6.98 Å². The summed E-state index contributed by atoms with van der Waals surface area (Å²) in [6.07, 6.45) is -1.21. The molecule has 5 N–H and O–H groups in total. The first-order valence-corrected chi connectivity index (χ1v) is 31.0. The quantitative estimate of drug-likeness (QED) is 0.139. The zero-order valence-corrected chi connectivity index (χ0v) is 56.8. The van der Waals surface area contributed by atoms with Crippen molar-refractivity contribution in [2.75, 3.05) is 55.9 Å². The summed E-state index contributed by atoms with van der Waals surface area (Å²) in [6.45, 7) is 20.9. The fraction of sp³-hybridized carbons (Fsp3) is 0.787. The van der Waals surface area contributed by atoms with Gasteiger partial charge in [0, 0.05) is 49.3 Å². The predicted molar refractivity (Wildman–Crippen MR) is 332 cm³/mol. The second kappa shape index (κ2) is 35.2. The number of nitrogens with one attached hydrogen (secondary N) is 4. The molecule has 1 heterocycles. The molecule has 0 aliphatic carbocycles. The van der Waals surface area contributed by atoms with Crippen molar-refractivity contribution in [2.24, 2.45) is 41.4 Å². The fourth-order valence-electron chi connectivity index (χ4n) is 10.8. The van der Waals surface area contributed by atoms with Crippen molar-refractivity contribution in [3.8, 4) is 0 Å². The van der Waals surface area contributed by atoms with E-state index in [9.17, 15) is 61.2 Å². The van der Waals surface area contributed by atoms with Crippen LogP contribution in [-0.2, 0) is 52.7 Å². The predicted octanol–water partition coefficient (Wildman–Crippen LogP) is 3.64. The van der Waals surface area contributed by atoms with Crippen LogP contribution in [0.15, 0.2) is 12.1 Å². The topological polar surface area (TPSA) is 279 Å². The molecule has 0 aromatic rings. The molecule has 0 spiro atoms. The van der Waals surface area contributed by atoms with Gasteiger partial charge in [-0.05, 0) is 93.8 Å². The van der Waals surface area contributed by atoms with E-state index in [1.54, 1.807) is 34.6 Å². The highest BCUT2D eigenvalue weighted by Crippen LogP contribution is 2.26. The van der Waals surface area contributed by atoms with Crippen LogP contribution in [0.2, 0.25) is 0 Å². The second-order valence-electron chi connectivity index (χ2n) is 26.6. The van der Waals surface area contributed by atoms with Gasteiger partial charge in [-0.25, -0.2) is 0 Å². The van der Waals surface area contributed by atoms with Crippen molar-refractivity contribution in [1.82, 2.24) is 55.6 Å². The van der Waals surface area contributed by atoms with Crippen LogP contribution < -0.4 is 21.3 Å². The van der Waals surface area contributed by atoms with Gasteiger partial charge in [0.25, 0.3) is 0 Å². The average Bonchev–Trinajstić information content (AvgIpc) is 3.42. The summed E-state index contributed by atoms with van der Waals surface area (Å²) in [5, 5.41) is 22.7. The van der Waals surface area contributed by atoms with Gasteiger partial charge < -0.3 is 73.6 Å². The van der Waals surface area contributed by atoms with Gasteiger partial charge in [0.15, 0.2) is 0 Å². The van der Waals surface area contributed by atoms with Crippen molar-refractivity contribution in [1.29, 1.82) is 0 Å². The molecule has 1 rings (SSSR count). The summed E-state index contributed by atoms with van der Waals surface area (Å²) in [7, 11) is 9.36. The van der Waals surface area contributed by atoms with E-state index in [2.05, 4.69) is 21.3 Å². The molecule has 11 amide bonds. The number of hydrogen-bond acceptors (Lipinski definition) is 12. The molecule has 0 aromatic heterocycles. The maximum absolute atomic E-state index is 15.1. The molecule has 0 unspecified atom stereocenters. The Hall–Kier alpha value is -6.28. The molecule has 12 atom stereocenters. The molecule has 1 fully saturated rings. The smallest absolute Gasteiger partial charge is 0.445 e. The van der Waals surface area contributed by atoms with E-state index in [1.165, 1.54) is 84.8 Å². The Morgan fingerprint density at radius 1 is 0.477 bits per heavy atom. The number of aliphatic hydroxyl groups excluding tert-OH is 1. The Morgan fingerprint density at radius 3 is 1.33 bits per heavy atom. The summed E-state index contributed by atoms with van der Waals surface area (Å²) in [4.78, 5) is 168. The first kappa shape index (κ1) is 79.7. The van der Waals surface area contributed by atoms with E-state index in [4.69, 9.17) is 0 Å². The zero-order chi connectivity index (χ0) is 68.5. The first-order valence-electron chi connectivity index (χ1n) is 31.0. The molecule has 27 heteroatoms. The summed E-state index contributed by atoms with van der Waals surface area (Å²) in [5.74, 6) is -11.6. The van der Waals surface area contributed by atoms with Gasteiger partial charge in [-0.3, -0.25) is 52.7 Å². The molecule has 0 aromatic carbocycles. The lowest BCUT2D eigenvalue weighted by Crippen LogP contribution is -2.63. The minimum atomic E-state index is -5.38. The summed E-state index contributed by atoms with van der Waals surface area (Å²) in [6, 6.07) is -13.3. The normalized spacial score (nSPS) is 26.6. The highest BCUT2D eigenvalue weighted by Gasteiger charge is 2.46. The standard InChI is InChI=1S/C61H108BF3N11O12/c1-24-42-57(84)70(17)32-47(77)71(18)43(28-33(2)3)54(81)69-48(37(10)11)60(87)72(19)44(29-34(4)5)53(80)66-40(15)52(79)67-41(16)56(83)73(20)45(30-35(6)7)58(85)74(21)46(31-36(8)9)59(86)75(22)49(38(12)13)61(88)76(23)50(55(82)68-42)51(78)39(14)26-25-27-62(63,64)65/h25,27,33-46,48-51,78H,24,26,28-32H2,1-23H3,(H,66,80)(H,67,79)(H,68,82)(H,69,81)/q-1/b27-25+/t39-,40+,41-,42+,43+,44+,45+,46+,48+,49+,50+,51-/m1/s1. The van der Waals surface area contributed by atoms with Crippen LogP contribution in [0, 0.1) is 41.4 Å². The molecule has 504 valence electrons. The number of aliphatic hydroxyl groups is 1. The molecule has 0 saturated carbocycles. The van der Waals surface area contributed by atoms with Crippen molar-refractivity contribution >= 4 is 72.0 Å². The Bertz CT molecular complexity index is 2450. The molecular formula is C61H108BF3N11O12-. The highest BCUT2D eigenvalue weighted by atomic mass is 19.4. The minimum Gasteiger partial charge on any atom is -0.445 e. The lowest BCUT2D eigenvalue weighted by molar-refractivity contribution is -0.157. The molecule has 1 aliphatic rings. The lowest BCUT2D eigenvalue weighted by atomic mass is 9.87. The third-order valence-corrected chi connectivity index (χ3v) is 16.2. The molecule has 0 bridgehead atoms. The number of amides is 11. The SMILES string of the molecule is CC[C@@H]1NC(=O)[C@H]([C@H](O)[C@H](C)C/C=C/[B-](F)(F)F)N(C)C(=O)[C@H](C(C)C)N(C)C(=O)[C@H](CC(C)C)N(C)C(=O)[C@H](CC(C)C)N(C)C(=O)[C@@H](C)NC(=O)[C@H](C)NC(=O)[C@H](CC(C)C)N(C)C(=O)[C@H](C(C)C)NC(=O)[C@H](CC(C)C)N(C)C(=O)CN(C)C1=O. The largest absolute Gasteiger partial charge is 0.502 e. The maximum Gasteiger partial charge on any atom is 0.502 e. The van der Waals surface area contributed by atoms with Crippen LogP contribution in [0.4, 0.5) is 12.9 Å². The van der Waals surface area contributed by atoms with Crippen molar-refractivity contribution in [3.63, 3.8) is 0 Å². The van der Waals surface area contributed by atoms with Crippen LogP contribution in [0.5, 0.6) is 0 Å². The van der Waals surface area contributed by atoms with Crippen LogP contribution >= 0.6 is 0 Å². The van der Waals surface area contributed by atoms with Crippen molar-refractivity contribution in [2.45, 2.75) is 216 Å². The van der Waals surface area contributed by atoms with Gasteiger partial charge in [0.2, 0.25) is 65.0 Å². The number of nitrogens with zero attached hydrogens (tertiary/aromatic N) is 7. The third kappa shape index (κ3) is 23.0. The van der Waals surface area contributed by atoms with Gasteiger partial charge in [-0.2, -0.15) is 0 Å². The second-order valence-corrected chi connectivity index (χ2v) is 26.6. The van der Waals surface area contributed by atoms with E-state index in [-0.39, 0.29) is 61.8 Å². The van der Waals surface area contributed by atoms with E-state index < -0.39 is 169 Å². The lowest BCUT2D eigenvalue weighted by Gasteiger charge is -2.41. The molecule has 0 radical (unpaired) electrons. The number of carbonyl (C=O) groups is 11. The maximum atomic E-state index is 15.1. The number of likely N-dealkylation sites (N-methyl/N-ethyl adjacent to an activating group) is 7. The van der Waals surface area contributed by atoms with Gasteiger partial charge in [0.05, 0.1) is 12.6 Å². The van der Waals surface area contributed by atoms with Crippen LogP contribution in [0.3, 0.4) is 0 Å². The first-order chi connectivity index (χ1) is 40.4. The van der Waals surface area contributed by atoms with Crippen LogP contribution in [0.25, 0.3) is 0 Å². The van der Waals surface area contributed by atoms with Gasteiger partial charge in [0.1, 0.15) is 60.4 Å². The number of rotatable bonds is 16. The summed E-state index contributed by atoms with van der Waals surface area (Å²) in [5.41, 5.74) is 0. The molecule has 1 saturated heterocycles. The van der Waals surface area contributed by atoms with Gasteiger partial charge in [-0.1, -0.05) is 96.9 Å². The zero-order valence-electron chi connectivity index (χ0n) is 56.8. The number of hydrogen-bond donors (Lipinski definition) is 5. The Kier molecular flexibility index (Phi) is 31.9. The Labute approximate surface area is 521 Å². The number of halogens is 3. The highest BCUT2D eigenvalue weighted by molar-refractivity contribution is 6.64. The molecule has 23 nitrogen and oxygen atoms in total. The Balaban J connectivity index is 4.37. The minimum absolute atomic E-state index is 0.0347. The number of carbonyl (C=O) groups excluding carboxylic acids is 11. The van der Waals surface area contributed by atoms with Crippen LogP contribution in [0.1, 0.15) is 149 Å². The third-order valence-electron chi connectivity index (χ3n) is 16.2. The number of allylic oxidation sites excluding steroid dienone is 1.